The molecule has 0 saturated heterocycles. The number of carbonyl (C=O) groups is 1. The third-order valence-electron chi connectivity index (χ3n) is 3.84. The summed E-state index contributed by atoms with van der Waals surface area (Å²) < 4.78 is 24.5. The summed E-state index contributed by atoms with van der Waals surface area (Å²) in [6.07, 6.45) is 4.64. The summed E-state index contributed by atoms with van der Waals surface area (Å²) in [6.45, 7) is 5.90. The van der Waals surface area contributed by atoms with Crippen LogP contribution in [0, 0.1) is 5.92 Å². The molecular formula is C14H23N3O3S. The number of rotatable bonds is 6. The van der Waals surface area contributed by atoms with Crippen LogP contribution >= 0.6 is 0 Å². The molecule has 0 bridgehead atoms. The van der Waals surface area contributed by atoms with Crippen molar-refractivity contribution >= 4 is 15.9 Å². The predicted molar refractivity (Wildman–Crippen MR) is 80.5 cm³/mol. The van der Waals surface area contributed by atoms with E-state index in [9.17, 15) is 13.2 Å². The lowest BCUT2D eigenvalue weighted by atomic mass is 10.2. The van der Waals surface area contributed by atoms with Gasteiger partial charge < -0.3 is 9.88 Å². The molecule has 0 aromatic carbocycles. The number of amides is 1. The molecule has 118 valence electrons. The Morgan fingerprint density at radius 2 is 2.19 bits per heavy atom. The van der Waals surface area contributed by atoms with Crippen LogP contribution in [-0.2, 0) is 10.0 Å². The van der Waals surface area contributed by atoms with E-state index in [2.05, 4.69) is 12.2 Å². The fourth-order valence-corrected chi connectivity index (χ4v) is 3.11. The number of hydrogen-bond acceptors (Lipinski definition) is 3. The standard InChI is InChI=1S/C14H23N3O3S/c1-4-5-10-6-12(10)16-14(18)13-7-11(21(15,19)20)8-17(13)9(2)3/h7-10,12H,4-6H2,1-3H3,(H,16,18)(H2,15,19,20). The van der Waals surface area contributed by atoms with Gasteiger partial charge in [-0.1, -0.05) is 13.3 Å². The number of nitrogens with two attached hydrogens (primary N) is 1. The summed E-state index contributed by atoms with van der Waals surface area (Å²) in [4.78, 5) is 12.3. The van der Waals surface area contributed by atoms with Gasteiger partial charge >= 0.3 is 0 Å². The first kappa shape index (κ1) is 16.0. The van der Waals surface area contributed by atoms with Crippen molar-refractivity contribution in [2.75, 3.05) is 0 Å². The molecule has 2 unspecified atom stereocenters. The highest BCUT2D eigenvalue weighted by atomic mass is 32.2. The maximum absolute atomic E-state index is 12.3. The third-order valence-corrected chi connectivity index (χ3v) is 4.72. The molecular weight excluding hydrogens is 290 g/mol. The van der Waals surface area contributed by atoms with Gasteiger partial charge in [0.15, 0.2) is 0 Å². The van der Waals surface area contributed by atoms with Crippen molar-refractivity contribution in [3.63, 3.8) is 0 Å². The molecule has 1 amide bonds. The second kappa shape index (κ2) is 5.81. The van der Waals surface area contributed by atoms with Crippen LogP contribution in [0.15, 0.2) is 17.2 Å². The zero-order valence-corrected chi connectivity index (χ0v) is 13.5. The predicted octanol–water partition coefficient (Wildman–Crippen LogP) is 1.63. The van der Waals surface area contributed by atoms with Crippen molar-refractivity contribution in [3.8, 4) is 0 Å². The zero-order chi connectivity index (χ0) is 15.8. The summed E-state index contributed by atoms with van der Waals surface area (Å²) in [7, 11) is -3.80. The highest BCUT2D eigenvalue weighted by Crippen LogP contribution is 2.34. The highest BCUT2D eigenvalue weighted by Gasteiger charge is 2.37. The Kier molecular flexibility index (Phi) is 4.43. The molecule has 2 rings (SSSR count). The molecule has 1 saturated carbocycles. The molecule has 0 spiro atoms. The Morgan fingerprint density at radius 1 is 1.52 bits per heavy atom. The lowest BCUT2D eigenvalue weighted by molar-refractivity contribution is 0.0938. The topological polar surface area (TPSA) is 94.2 Å². The summed E-state index contributed by atoms with van der Waals surface area (Å²) >= 11 is 0. The van der Waals surface area contributed by atoms with Crippen LogP contribution < -0.4 is 10.5 Å². The van der Waals surface area contributed by atoms with Gasteiger partial charge in [0.05, 0.1) is 0 Å². The van der Waals surface area contributed by atoms with Crippen molar-refractivity contribution < 1.29 is 13.2 Å². The first-order chi connectivity index (χ1) is 9.74. The molecule has 2 atom stereocenters. The van der Waals surface area contributed by atoms with E-state index >= 15 is 0 Å². The van der Waals surface area contributed by atoms with Gasteiger partial charge in [0.25, 0.3) is 5.91 Å². The summed E-state index contributed by atoms with van der Waals surface area (Å²) in [5.74, 6) is 0.321. The molecule has 1 fully saturated rings. The minimum atomic E-state index is -3.80. The van der Waals surface area contributed by atoms with Gasteiger partial charge in [-0.15, -0.1) is 0 Å². The monoisotopic (exact) mass is 313 g/mol. The van der Waals surface area contributed by atoms with E-state index < -0.39 is 10.0 Å². The van der Waals surface area contributed by atoms with Gasteiger partial charge in [0, 0.05) is 18.3 Å². The van der Waals surface area contributed by atoms with Crippen molar-refractivity contribution in [1.29, 1.82) is 0 Å². The molecule has 1 heterocycles. The molecule has 7 heteroatoms. The molecule has 0 aliphatic heterocycles. The number of hydrogen-bond donors (Lipinski definition) is 2. The van der Waals surface area contributed by atoms with E-state index in [0.717, 1.165) is 19.3 Å². The van der Waals surface area contributed by atoms with Crippen molar-refractivity contribution in [2.24, 2.45) is 11.1 Å². The van der Waals surface area contributed by atoms with E-state index in [0.29, 0.717) is 11.6 Å². The van der Waals surface area contributed by atoms with E-state index in [1.165, 1.54) is 12.3 Å². The number of carbonyl (C=O) groups excluding carboxylic acids is 1. The summed E-state index contributed by atoms with van der Waals surface area (Å²) in [6, 6.07) is 1.54. The maximum atomic E-state index is 12.3. The second-order valence-electron chi connectivity index (χ2n) is 5.97. The van der Waals surface area contributed by atoms with Crippen molar-refractivity contribution in [3.05, 3.63) is 18.0 Å². The van der Waals surface area contributed by atoms with Crippen LogP contribution in [0.4, 0.5) is 0 Å². The van der Waals surface area contributed by atoms with Crippen LogP contribution in [0.1, 0.15) is 56.6 Å². The van der Waals surface area contributed by atoms with Crippen LogP contribution in [-0.4, -0.2) is 24.9 Å². The first-order valence-corrected chi connectivity index (χ1v) is 8.84. The van der Waals surface area contributed by atoms with Crippen molar-refractivity contribution in [2.45, 2.75) is 57.0 Å². The minimum Gasteiger partial charge on any atom is -0.348 e. The molecule has 6 nitrogen and oxygen atoms in total. The lowest BCUT2D eigenvalue weighted by Crippen LogP contribution is -2.29. The average molecular weight is 313 g/mol. The summed E-state index contributed by atoms with van der Waals surface area (Å²) in [5.41, 5.74) is 0.344. The number of primary sulfonamides is 1. The number of sulfonamides is 1. The van der Waals surface area contributed by atoms with E-state index in [1.807, 2.05) is 13.8 Å². The Bertz CT molecular complexity index is 634. The largest absolute Gasteiger partial charge is 0.348 e. The Morgan fingerprint density at radius 3 is 2.71 bits per heavy atom. The fourth-order valence-electron chi connectivity index (χ4n) is 2.58. The van der Waals surface area contributed by atoms with Crippen molar-refractivity contribution in [1.82, 2.24) is 9.88 Å². The van der Waals surface area contributed by atoms with Gasteiger partial charge in [-0.05, 0) is 38.7 Å². The minimum absolute atomic E-state index is 0.0214. The van der Waals surface area contributed by atoms with E-state index in [4.69, 9.17) is 5.14 Å². The molecule has 0 radical (unpaired) electrons. The van der Waals surface area contributed by atoms with Gasteiger partial charge in [-0.2, -0.15) is 0 Å². The highest BCUT2D eigenvalue weighted by molar-refractivity contribution is 7.89. The quantitative estimate of drug-likeness (QED) is 0.836. The molecule has 1 aliphatic carbocycles. The zero-order valence-electron chi connectivity index (χ0n) is 12.7. The third kappa shape index (κ3) is 3.65. The molecule has 1 aromatic heterocycles. The molecule has 21 heavy (non-hydrogen) atoms. The number of nitrogens with zero attached hydrogens (tertiary/aromatic N) is 1. The number of aromatic nitrogens is 1. The summed E-state index contributed by atoms with van der Waals surface area (Å²) in [5, 5.41) is 8.11. The van der Waals surface area contributed by atoms with E-state index in [1.54, 1.807) is 4.57 Å². The fraction of sp³-hybridized carbons (Fsp3) is 0.643. The normalized spacial score (nSPS) is 21.6. The van der Waals surface area contributed by atoms with Crippen LogP contribution in [0.2, 0.25) is 0 Å². The Balaban J connectivity index is 2.18. The van der Waals surface area contributed by atoms with Crippen LogP contribution in [0.25, 0.3) is 0 Å². The molecule has 1 aromatic rings. The Labute approximate surface area is 125 Å². The number of nitrogens with one attached hydrogen (secondary N) is 1. The lowest BCUT2D eigenvalue weighted by Gasteiger charge is -2.12. The first-order valence-electron chi connectivity index (χ1n) is 7.29. The Hall–Kier alpha value is -1.34. The average Bonchev–Trinajstić information content (AvgIpc) is 2.92. The van der Waals surface area contributed by atoms with Crippen LogP contribution in [0.5, 0.6) is 0 Å². The van der Waals surface area contributed by atoms with Gasteiger partial charge in [-0.3, -0.25) is 4.79 Å². The smallest absolute Gasteiger partial charge is 0.268 e. The van der Waals surface area contributed by atoms with Crippen LogP contribution in [0.3, 0.4) is 0 Å². The van der Waals surface area contributed by atoms with E-state index in [-0.39, 0.29) is 22.9 Å². The van der Waals surface area contributed by atoms with Gasteiger partial charge in [0.1, 0.15) is 10.6 Å². The molecule has 3 N–H and O–H groups in total. The van der Waals surface area contributed by atoms with Gasteiger partial charge in [-0.25, -0.2) is 13.6 Å². The second-order valence-corrected chi connectivity index (χ2v) is 7.53. The maximum Gasteiger partial charge on any atom is 0.268 e. The van der Waals surface area contributed by atoms with Gasteiger partial charge in [0.2, 0.25) is 10.0 Å². The SMILES string of the molecule is CCCC1CC1NC(=O)c1cc(S(N)(=O)=O)cn1C(C)C. The molecule has 1 aliphatic rings.